The molecular formula is C17H23N3O. The van der Waals surface area contributed by atoms with Gasteiger partial charge in [-0.05, 0) is 37.6 Å². The predicted octanol–water partition coefficient (Wildman–Crippen LogP) is 2.69. The van der Waals surface area contributed by atoms with Crippen LogP contribution in [0, 0.1) is 6.92 Å². The standard InChI is InChI=1S/C17H23N3O/c1-3-7-18-11-15-6-8-19-20(15)12-16-10-14-9-13(2)4-5-17(14)21-16/h4-6,8-9,16,18H,3,7,10-12H2,1-2H3. The third-order valence-electron chi connectivity index (χ3n) is 3.87. The van der Waals surface area contributed by atoms with Crippen molar-refractivity contribution in [1.29, 1.82) is 0 Å². The van der Waals surface area contributed by atoms with E-state index in [1.165, 1.54) is 16.8 Å². The van der Waals surface area contributed by atoms with Crippen LogP contribution in [0.5, 0.6) is 5.75 Å². The number of rotatable bonds is 6. The van der Waals surface area contributed by atoms with Crippen LogP contribution in [-0.4, -0.2) is 22.4 Å². The van der Waals surface area contributed by atoms with Gasteiger partial charge in [0.05, 0.1) is 12.2 Å². The summed E-state index contributed by atoms with van der Waals surface area (Å²) >= 11 is 0. The van der Waals surface area contributed by atoms with Gasteiger partial charge in [-0.2, -0.15) is 5.10 Å². The Kier molecular flexibility index (Phi) is 4.25. The second-order valence-corrected chi connectivity index (χ2v) is 5.74. The number of fused-ring (bicyclic) bond motifs is 1. The Hall–Kier alpha value is -1.81. The minimum absolute atomic E-state index is 0.187. The Bertz CT molecular complexity index is 606. The summed E-state index contributed by atoms with van der Waals surface area (Å²) in [6, 6.07) is 8.49. The Labute approximate surface area is 126 Å². The fourth-order valence-electron chi connectivity index (χ4n) is 2.81. The van der Waals surface area contributed by atoms with Crippen LogP contribution in [0.1, 0.15) is 30.2 Å². The van der Waals surface area contributed by atoms with E-state index in [4.69, 9.17) is 4.74 Å². The number of hydrogen-bond donors (Lipinski definition) is 1. The molecule has 0 bridgehead atoms. The molecule has 1 aromatic heterocycles. The molecule has 1 aliphatic rings. The SMILES string of the molecule is CCCNCc1ccnn1CC1Cc2cc(C)ccc2O1. The number of benzene rings is 1. The molecule has 2 heterocycles. The van der Waals surface area contributed by atoms with Crippen molar-refractivity contribution in [1.82, 2.24) is 15.1 Å². The van der Waals surface area contributed by atoms with Gasteiger partial charge in [0.1, 0.15) is 11.9 Å². The van der Waals surface area contributed by atoms with Gasteiger partial charge in [-0.1, -0.05) is 24.6 Å². The summed E-state index contributed by atoms with van der Waals surface area (Å²) in [6.07, 6.45) is 4.18. The van der Waals surface area contributed by atoms with Gasteiger partial charge >= 0.3 is 0 Å². The summed E-state index contributed by atoms with van der Waals surface area (Å²) in [5.41, 5.74) is 3.83. The van der Waals surface area contributed by atoms with Gasteiger partial charge in [-0.15, -0.1) is 0 Å². The normalized spacial score (nSPS) is 16.8. The minimum atomic E-state index is 0.187. The molecular weight excluding hydrogens is 262 g/mol. The lowest BCUT2D eigenvalue weighted by Gasteiger charge is -2.13. The third-order valence-corrected chi connectivity index (χ3v) is 3.87. The van der Waals surface area contributed by atoms with E-state index in [-0.39, 0.29) is 6.10 Å². The number of aryl methyl sites for hydroxylation is 1. The molecule has 3 rings (SSSR count). The number of ether oxygens (including phenoxy) is 1. The van der Waals surface area contributed by atoms with Gasteiger partial charge in [-0.25, -0.2) is 0 Å². The third kappa shape index (κ3) is 3.27. The second-order valence-electron chi connectivity index (χ2n) is 5.74. The first-order valence-electron chi connectivity index (χ1n) is 7.74. The second kappa shape index (κ2) is 6.31. The number of aromatic nitrogens is 2. The summed E-state index contributed by atoms with van der Waals surface area (Å²) in [7, 11) is 0. The van der Waals surface area contributed by atoms with E-state index in [0.717, 1.165) is 38.2 Å². The van der Waals surface area contributed by atoms with Crippen LogP contribution >= 0.6 is 0 Å². The first-order chi connectivity index (χ1) is 10.3. The summed E-state index contributed by atoms with van der Waals surface area (Å²) < 4.78 is 8.10. The monoisotopic (exact) mass is 285 g/mol. The lowest BCUT2D eigenvalue weighted by Crippen LogP contribution is -2.25. The van der Waals surface area contributed by atoms with Crippen molar-refractivity contribution in [3.8, 4) is 5.75 Å². The smallest absolute Gasteiger partial charge is 0.123 e. The number of nitrogens with zero attached hydrogens (tertiary/aromatic N) is 2. The lowest BCUT2D eigenvalue weighted by molar-refractivity contribution is 0.201. The van der Waals surface area contributed by atoms with Crippen LogP contribution in [0.25, 0.3) is 0 Å². The van der Waals surface area contributed by atoms with Crippen molar-refractivity contribution in [2.24, 2.45) is 0 Å². The van der Waals surface area contributed by atoms with Gasteiger partial charge in [0.25, 0.3) is 0 Å². The maximum absolute atomic E-state index is 6.03. The Morgan fingerprint density at radius 1 is 1.38 bits per heavy atom. The fraction of sp³-hybridized carbons (Fsp3) is 0.471. The predicted molar refractivity (Wildman–Crippen MR) is 83.5 cm³/mol. The Morgan fingerprint density at radius 3 is 3.14 bits per heavy atom. The molecule has 0 fully saturated rings. The molecule has 0 radical (unpaired) electrons. The maximum atomic E-state index is 6.03. The van der Waals surface area contributed by atoms with Crippen molar-refractivity contribution in [3.63, 3.8) is 0 Å². The van der Waals surface area contributed by atoms with Crippen LogP contribution in [0.4, 0.5) is 0 Å². The van der Waals surface area contributed by atoms with Crippen LogP contribution in [0.2, 0.25) is 0 Å². The van der Waals surface area contributed by atoms with E-state index < -0.39 is 0 Å². The lowest BCUT2D eigenvalue weighted by atomic mass is 10.1. The molecule has 0 spiro atoms. The molecule has 0 saturated heterocycles. The zero-order valence-electron chi connectivity index (χ0n) is 12.8. The highest BCUT2D eigenvalue weighted by Crippen LogP contribution is 2.30. The molecule has 21 heavy (non-hydrogen) atoms. The molecule has 4 heteroatoms. The highest BCUT2D eigenvalue weighted by Gasteiger charge is 2.23. The highest BCUT2D eigenvalue weighted by molar-refractivity contribution is 5.40. The zero-order chi connectivity index (χ0) is 14.7. The average Bonchev–Trinajstić information content (AvgIpc) is 3.06. The Balaban J connectivity index is 1.62. The topological polar surface area (TPSA) is 39.1 Å². The average molecular weight is 285 g/mol. The van der Waals surface area contributed by atoms with E-state index in [0.29, 0.717) is 0 Å². The molecule has 0 saturated carbocycles. The largest absolute Gasteiger partial charge is 0.488 e. The molecule has 1 N–H and O–H groups in total. The van der Waals surface area contributed by atoms with Crippen molar-refractivity contribution in [2.45, 2.75) is 45.9 Å². The van der Waals surface area contributed by atoms with E-state index in [1.807, 2.05) is 6.20 Å². The summed E-state index contributed by atoms with van der Waals surface area (Å²) in [6.45, 7) is 7.01. The van der Waals surface area contributed by atoms with Gasteiger partial charge in [0.15, 0.2) is 0 Å². The molecule has 1 aromatic carbocycles. The molecule has 2 aromatic rings. The summed E-state index contributed by atoms with van der Waals surface area (Å²) in [4.78, 5) is 0. The van der Waals surface area contributed by atoms with Gasteiger partial charge < -0.3 is 10.1 Å². The number of hydrogen-bond acceptors (Lipinski definition) is 3. The molecule has 1 unspecified atom stereocenters. The van der Waals surface area contributed by atoms with Crippen molar-refractivity contribution < 1.29 is 4.74 Å². The number of nitrogens with one attached hydrogen (secondary N) is 1. The molecule has 0 aliphatic carbocycles. The van der Waals surface area contributed by atoms with Crippen molar-refractivity contribution in [3.05, 3.63) is 47.3 Å². The molecule has 4 nitrogen and oxygen atoms in total. The van der Waals surface area contributed by atoms with Gasteiger partial charge in [0, 0.05) is 19.2 Å². The van der Waals surface area contributed by atoms with Crippen LogP contribution in [0.3, 0.4) is 0 Å². The minimum Gasteiger partial charge on any atom is -0.488 e. The quantitative estimate of drug-likeness (QED) is 0.829. The summed E-state index contributed by atoms with van der Waals surface area (Å²) in [5.74, 6) is 1.03. The first kappa shape index (κ1) is 14.1. The van der Waals surface area contributed by atoms with Crippen LogP contribution < -0.4 is 10.1 Å². The fourth-order valence-corrected chi connectivity index (χ4v) is 2.81. The van der Waals surface area contributed by atoms with E-state index in [1.54, 1.807) is 0 Å². The van der Waals surface area contributed by atoms with E-state index in [2.05, 4.69) is 53.2 Å². The van der Waals surface area contributed by atoms with Crippen LogP contribution in [-0.2, 0) is 19.5 Å². The molecule has 0 amide bonds. The van der Waals surface area contributed by atoms with Crippen molar-refractivity contribution >= 4 is 0 Å². The maximum Gasteiger partial charge on any atom is 0.123 e. The molecule has 1 atom stereocenters. The van der Waals surface area contributed by atoms with Crippen molar-refractivity contribution in [2.75, 3.05) is 6.54 Å². The van der Waals surface area contributed by atoms with Gasteiger partial charge in [-0.3, -0.25) is 4.68 Å². The molecule has 1 aliphatic heterocycles. The molecule has 112 valence electrons. The van der Waals surface area contributed by atoms with Crippen LogP contribution in [0.15, 0.2) is 30.5 Å². The highest BCUT2D eigenvalue weighted by atomic mass is 16.5. The zero-order valence-corrected chi connectivity index (χ0v) is 12.8. The van der Waals surface area contributed by atoms with E-state index >= 15 is 0 Å². The first-order valence-corrected chi connectivity index (χ1v) is 7.74. The summed E-state index contributed by atoms with van der Waals surface area (Å²) in [5, 5.41) is 7.86. The Morgan fingerprint density at radius 2 is 2.29 bits per heavy atom. The van der Waals surface area contributed by atoms with E-state index in [9.17, 15) is 0 Å². The van der Waals surface area contributed by atoms with Gasteiger partial charge in [0.2, 0.25) is 0 Å².